The van der Waals surface area contributed by atoms with Crippen LogP contribution in [0.2, 0.25) is 0 Å². The average Bonchev–Trinajstić information content (AvgIpc) is 3.17. The van der Waals surface area contributed by atoms with Crippen molar-refractivity contribution in [3.8, 4) is 11.1 Å². The van der Waals surface area contributed by atoms with Gasteiger partial charge >= 0.3 is 0 Å². The Labute approximate surface area is 136 Å². The van der Waals surface area contributed by atoms with Crippen LogP contribution < -0.4 is 11.5 Å². The topological polar surface area (TPSA) is 106 Å². The number of nitrogens with one attached hydrogen (secondary N) is 1. The Kier molecular flexibility index (Phi) is 3.20. The van der Waals surface area contributed by atoms with Crippen LogP contribution in [0.15, 0.2) is 41.1 Å². The maximum Gasteiger partial charge on any atom is 0.224 e. The lowest BCUT2D eigenvalue weighted by atomic mass is 10.1. The summed E-state index contributed by atoms with van der Waals surface area (Å²) < 4.78 is 0. The van der Waals surface area contributed by atoms with Gasteiger partial charge in [0.1, 0.15) is 11.3 Å². The van der Waals surface area contributed by atoms with Crippen molar-refractivity contribution in [3.05, 3.63) is 52.5 Å². The molecular formula is C16H14N6S. The molecule has 0 unspecified atom stereocenters. The maximum absolute atomic E-state index is 5.84. The summed E-state index contributed by atoms with van der Waals surface area (Å²) in [7, 11) is 0. The molecule has 3 heterocycles. The third-order valence-corrected chi connectivity index (χ3v) is 4.31. The van der Waals surface area contributed by atoms with Gasteiger partial charge in [-0.2, -0.15) is 21.3 Å². The number of rotatable bonds is 3. The van der Waals surface area contributed by atoms with Crippen molar-refractivity contribution < 1.29 is 0 Å². The fourth-order valence-corrected chi connectivity index (χ4v) is 3.17. The number of hydrogen-bond donors (Lipinski definition) is 3. The molecule has 5 N–H and O–H groups in total. The number of thiophene rings is 1. The first-order chi connectivity index (χ1) is 11.2. The fraction of sp³-hybridized carbons (Fsp3) is 0.0625. The number of nitrogens with two attached hydrogens (primary N) is 2. The minimum Gasteiger partial charge on any atom is -0.382 e. The lowest BCUT2D eigenvalue weighted by Crippen LogP contribution is -1.99. The summed E-state index contributed by atoms with van der Waals surface area (Å²) >= 11 is 1.70. The fourth-order valence-electron chi connectivity index (χ4n) is 2.51. The molecule has 0 fully saturated rings. The molecule has 4 aromatic rings. The van der Waals surface area contributed by atoms with Crippen LogP contribution in [0, 0.1) is 0 Å². The van der Waals surface area contributed by atoms with Gasteiger partial charge < -0.3 is 16.5 Å². The number of nitrogens with zero attached hydrogens (tertiary/aromatic N) is 3. The highest BCUT2D eigenvalue weighted by Crippen LogP contribution is 2.23. The van der Waals surface area contributed by atoms with Gasteiger partial charge in [0.2, 0.25) is 5.95 Å². The first-order valence-corrected chi connectivity index (χ1v) is 8.02. The molecule has 4 rings (SSSR count). The molecule has 0 saturated carbocycles. The second kappa shape index (κ2) is 5.36. The molecule has 0 bridgehead atoms. The number of aromatic nitrogens is 4. The zero-order valence-corrected chi connectivity index (χ0v) is 13.0. The zero-order valence-electron chi connectivity index (χ0n) is 12.2. The monoisotopic (exact) mass is 322 g/mol. The molecule has 0 amide bonds. The first kappa shape index (κ1) is 13.7. The van der Waals surface area contributed by atoms with E-state index in [0.717, 1.165) is 11.4 Å². The molecule has 0 aliphatic carbocycles. The van der Waals surface area contributed by atoms with Crippen molar-refractivity contribution in [1.82, 2.24) is 19.9 Å². The predicted molar refractivity (Wildman–Crippen MR) is 93.1 cm³/mol. The molecule has 0 atom stereocenters. The van der Waals surface area contributed by atoms with Crippen LogP contribution in [0.1, 0.15) is 11.4 Å². The summed E-state index contributed by atoms with van der Waals surface area (Å²) in [6.45, 7) is 0. The lowest BCUT2D eigenvalue weighted by molar-refractivity contribution is 1.04. The molecule has 3 aromatic heterocycles. The van der Waals surface area contributed by atoms with Gasteiger partial charge in [-0.05, 0) is 33.5 Å². The van der Waals surface area contributed by atoms with Crippen molar-refractivity contribution in [2.24, 2.45) is 0 Å². The van der Waals surface area contributed by atoms with E-state index >= 15 is 0 Å². The number of benzene rings is 1. The molecule has 23 heavy (non-hydrogen) atoms. The van der Waals surface area contributed by atoms with Crippen molar-refractivity contribution in [1.29, 1.82) is 0 Å². The van der Waals surface area contributed by atoms with Crippen LogP contribution >= 0.6 is 11.3 Å². The Bertz CT molecular complexity index is 956. The molecule has 0 radical (unpaired) electrons. The second-order valence-corrected chi connectivity index (χ2v) is 6.01. The molecule has 0 spiro atoms. The van der Waals surface area contributed by atoms with E-state index in [0.29, 0.717) is 23.4 Å². The first-order valence-electron chi connectivity index (χ1n) is 7.08. The predicted octanol–water partition coefficient (Wildman–Crippen LogP) is 2.84. The highest BCUT2D eigenvalue weighted by atomic mass is 32.1. The van der Waals surface area contributed by atoms with E-state index in [9.17, 15) is 0 Å². The summed E-state index contributed by atoms with van der Waals surface area (Å²) in [6, 6.07) is 10.6. The van der Waals surface area contributed by atoms with Crippen LogP contribution in [-0.4, -0.2) is 19.9 Å². The van der Waals surface area contributed by atoms with Gasteiger partial charge in [0.15, 0.2) is 11.5 Å². The number of nitrogen functional groups attached to an aromatic ring is 2. The standard InChI is InChI=1S/C16H14N6S/c17-14-13-15(22-16(18)21-14)20-12(19-13)7-9-1-3-10(4-2-9)11-5-6-23-8-11/h1-6,8H,7H2,(H5,17,18,19,20,21,22). The second-order valence-electron chi connectivity index (χ2n) is 5.23. The number of aromatic amines is 1. The third kappa shape index (κ3) is 2.62. The molecule has 0 saturated heterocycles. The van der Waals surface area contributed by atoms with Crippen LogP contribution in [0.3, 0.4) is 0 Å². The Balaban J connectivity index is 1.62. The normalized spacial score (nSPS) is 11.1. The quantitative estimate of drug-likeness (QED) is 0.537. The van der Waals surface area contributed by atoms with Crippen molar-refractivity contribution in [3.63, 3.8) is 0 Å². The highest BCUT2D eigenvalue weighted by molar-refractivity contribution is 7.08. The number of hydrogen-bond acceptors (Lipinski definition) is 6. The number of fused-ring (bicyclic) bond motifs is 1. The van der Waals surface area contributed by atoms with E-state index < -0.39 is 0 Å². The summed E-state index contributed by atoms with van der Waals surface area (Å²) in [5, 5.41) is 4.22. The van der Waals surface area contributed by atoms with Gasteiger partial charge in [-0.15, -0.1) is 0 Å². The van der Waals surface area contributed by atoms with E-state index in [4.69, 9.17) is 11.5 Å². The summed E-state index contributed by atoms with van der Waals surface area (Å²) in [5.41, 5.74) is 16.2. The Hall–Kier alpha value is -2.93. The smallest absolute Gasteiger partial charge is 0.224 e. The maximum atomic E-state index is 5.84. The summed E-state index contributed by atoms with van der Waals surface area (Å²) in [4.78, 5) is 15.6. The lowest BCUT2D eigenvalue weighted by Gasteiger charge is -2.01. The molecule has 114 valence electrons. The largest absolute Gasteiger partial charge is 0.382 e. The van der Waals surface area contributed by atoms with Gasteiger partial charge in [-0.3, -0.25) is 0 Å². The Morgan fingerprint density at radius 1 is 0.957 bits per heavy atom. The zero-order chi connectivity index (χ0) is 15.8. The molecule has 6 nitrogen and oxygen atoms in total. The van der Waals surface area contributed by atoms with E-state index in [2.05, 4.69) is 61.0 Å². The van der Waals surface area contributed by atoms with Crippen molar-refractivity contribution in [2.45, 2.75) is 6.42 Å². The number of imidazole rings is 1. The summed E-state index contributed by atoms with van der Waals surface area (Å²) in [5.74, 6) is 1.24. The number of anilines is 2. The van der Waals surface area contributed by atoms with Crippen LogP contribution in [0.25, 0.3) is 22.3 Å². The third-order valence-electron chi connectivity index (χ3n) is 3.63. The minimum atomic E-state index is 0.133. The van der Waals surface area contributed by atoms with E-state index in [1.165, 1.54) is 11.1 Å². The highest BCUT2D eigenvalue weighted by Gasteiger charge is 2.10. The molecule has 1 aromatic carbocycles. The van der Waals surface area contributed by atoms with Gasteiger partial charge in [0.05, 0.1) is 0 Å². The molecule has 0 aliphatic heterocycles. The van der Waals surface area contributed by atoms with Crippen LogP contribution in [0.4, 0.5) is 11.8 Å². The van der Waals surface area contributed by atoms with Gasteiger partial charge in [0, 0.05) is 6.42 Å². The minimum absolute atomic E-state index is 0.133. The van der Waals surface area contributed by atoms with Crippen LogP contribution in [0.5, 0.6) is 0 Å². The SMILES string of the molecule is Nc1nc(N)c2[nH]c(Cc3ccc(-c4ccsc4)cc3)nc2n1. The molecule has 0 aliphatic rings. The van der Waals surface area contributed by atoms with Crippen molar-refractivity contribution >= 4 is 34.3 Å². The Morgan fingerprint density at radius 2 is 1.78 bits per heavy atom. The number of H-pyrrole nitrogens is 1. The van der Waals surface area contributed by atoms with Crippen molar-refractivity contribution in [2.75, 3.05) is 11.5 Å². The van der Waals surface area contributed by atoms with Gasteiger partial charge in [-0.25, -0.2) is 4.98 Å². The molecular weight excluding hydrogens is 308 g/mol. The van der Waals surface area contributed by atoms with Gasteiger partial charge in [-0.1, -0.05) is 24.3 Å². The van der Waals surface area contributed by atoms with E-state index in [1.54, 1.807) is 11.3 Å². The average molecular weight is 322 g/mol. The Morgan fingerprint density at radius 3 is 2.52 bits per heavy atom. The van der Waals surface area contributed by atoms with E-state index in [-0.39, 0.29) is 5.95 Å². The summed E-state index contributed by atoms with van der Waals surface area (Å²) in [6.07, 6.45) is 0.666. The van der Waals surface area contributed by atoms with E-state index in [1.807, 2.05) is 0 Å². The van der Waals surface area contributed by atoms with Crippen LogP contribution in [-0.2, 0) is 6.42 Å². The van der Waals surface area contributed by atoms with Gasteiger partial charge in [0.25, 0.3) is 0 Å². The molecule has 7 heteroatoms.